The van der Waals surface area contributed by atoms with Crippen molar-refractivity contribution in [3.63, 3.8) is 0 Å². The second-order valence-electron chi connectivity index (χ2n) is 6.28. The van der Waals surface area contributed by atoms with Gasteiger partial charge in [-0.1, -0.05) is 18.6 Å². The quantitative estimate of drug-likeness (QED) is 0.779. The van der Waals surface area contributed by atoms with Gasteiger partial charge in [0.1, 0.15) is 0 Å². The summed E-state index contributed by atoms with van der Waals surface area (Å²) in [5, 5.41) is 9.25. The molecular weight excluding hydrogens is 262 g/mol. The summed E-state index contributed by atoms with van der Waals surface area (Å²) in [5.74, 6) is 1.41. The highest BCUT2D eigenvalue weighted by Crippen LogP contribution is 2.36. The van der Waals surface area contributed by atoms with E-state index in [1.165, 1.54) is 31.2 Å². The van der Waals surface area contributed by atoms with Crippen LogP contribution in [0.3, 0.4) is 0 Å². The summed E-state index contributed by atoms with van der Waals surface area (Å²) >= 11 is 0. The third kappa shape index (κ3) is 3.97. The van der Waals surface area contributed by atoms with Crippen molar-refractivity contribution in [2.75, 3.05) is 25.0 Å². The average Bonchev–Trinajstić information content (AvgIpc) is 2.90. The van der Waals surface area contributed by atoms with Gasteiger partial charge in [0.25, 0.3) is 0 Å². The summed E-state index contributed by atoms with van der Waals surface area (Å²) in [6, 6.07) is 8.19. The Morgan fingerprint density at radius 1 is 1.29 bits per heavy atom. The molecule has 114 valence electrons. The Morgan fingerprint density at radius 2 is 2.19 bits per heavy atom. The minimum Gasteiger partial charge on any atom is -0.338 e. The maximum atomic E-state index is 11.9. The number of anilines is 1. The highest BCUT2D eigenvalue weighted by molar-refractivity contribution is 5.89. The standard InChI is InChI=1S/C17H25N3O/c21-17(19-10-8-13-7-9-18-12-13)20-16-6-2-5-15(11-16)14-3-1-4-14/h2,5-6,11,13-14,18H,1,3-4,7-10,12H2,(H2,19,20,21). The number of carbonyl (C=O) groups is 1. The van der Waals surface area contributed by atoms with Gasteiger partial charge in [-0.2, -0.15) is 0 Å². The Kier molecular flexibility index (Phi) is 4.76. The van der Waals surface area contributed by atoms with Gasteiger partial charge >= 0.3 is 6.03 Å². The van der Waals surface area contributed by atoms with Crippen molar-refractivity contribution in [3.05, 3.63) is 29.8 Å². The molecule has 1 atom stereocenters. The van der Waals surface area contributed by atoms with Crippen LogP contribution in [-0.2, 0) is 0 Å². The third-order valence-corrected chi connectivity index (χ3v) is 4.72. The average molecular weight is 287 g/mol. The summed E-state index contributed by atoms with van der Waals surface area (Å²) in [4.78, 5) is 11.9. The monoisotopic (exact) mass is 287 g/mol. The first-order chi connectivity index (χ1) is 10.3. The number of nitrogens with one attached hydrogen (secondary N) is 3. The highest BCUT2D eigenvalue weighted by Gasteiger charge is 2.19. The zero-order chi connectivity index (χ0) is 14.5. The van der Waals surface area contributed by atoms with E-state index in [0.29, 0.717) is 11.8 Å². The van der Waals surface area contributed by atoms with Crippen LogP contribution in [0.1, 0.15) is 43.6 Å². The second-order valence-corrected chi connectivity index (χ2v) is 6.28. The number of urea groups is 1. The number of hydrogen-bond acceptors (Lipinski definition) is 2. The van der Waals surface area contributed by atoms with Crippen molar-refractivity contribution >= 4 is 11.7 Å². The Balaban J connectivity index is 1.43. The molecule has 1 aliphatic heterocycles. The van der Waals surface area contributed by atoms with Crippen molar-refractivity contribution in [1.82, 2.24) is 10.6 Å². The molecule has 1 aliphatic carbocycles. The smallest absolute Gasteiger partial charge is 0.319 e. The summed E-state index contributed by atoms with van der Waals surface area (Å²) < 4.78 is 0. The molecule has 3 N–H and O–H groups in total. The van der Waals surface area contributed by atoms with Crippen LogP contribution >= 0.6 is 0 Å². The number of rotatable bonds is 5. The minimum absolute atomic E-state index is 0.0910. The summed E-state index contributed by atoms with van der Waals surface area (Å²) in [6.07, 6.45) is 6.18. The van der Waals surface area contributed by atoms with E-state index in [1.54, 1.807) is 0 Å². The van der Waals surface area contributed by atoms with E-state index in [1.807, 2.05) is 12.1 Å². The normalized spacial score (nSPS) is 21.8. The maximum absolute atomic E-state index is 11.9. The zero-order valence-electron chi connectivity index (χ0n) is 12.5. The number of carbonyl (C=O) groups excluding carboxylic acids is 1. The molecule has 1 heterocycles. The summed E-state index contributed by atoms with van der Waals surface area (Å²) in [5.41, 5.74) is 2.26. The predicted octanol–water partition coefficient (Wildman–Crippen LogP) is 3.08. The lowest BCUT2D eigenvalue weighted by Gasteiger charge is -2.26. The van der Waals surface area contributed by atoms with Crippen LogP contribution < -0.4 is 16.0 Å². The van der Waals surface area contributed by atoms with E-state index >= 15 is 0 Å². The molecule has 2 aliphatic rings. The molecule has 1 aromatic rings. The molecule has 0 bridgehead atoms. The molecule has 2 fully saturated rings. The van der Waals surface area contributed by atoms with E-state index < -0.39 is 0 Å². The van der Waals surface area contributed by atoms with Crippen molar-refractivity contribution < 1.29 is 4.79 Å². The van der Waals surface area contributed by atoms with Gasteiger partial charge < -0.3 is 16.0 Å². The van der Waals surface area contributed by atoms with Crippen LogP contribution in [0, 0.1) is 5.92 Å². The molecule has 1 unspecified atom stereocenters. The fourth-order valence-electron chi connectivity index (χ4n) is 3.14. The van der Waals surface area contributed by atoms with E-state index in [0.717, 1.165) is 31.7 Å². The van der Waals surface area contributed by atoms with Gasteiger partial charge in [-0.05, 0) is 68.3 Å². The molecule has 0 aromatic heterocycles. The van der Waals surface area contributed by atoms with Crippen LogP contribution in [0.2, 0.25) is 0 Å². The summed E-state index contributed by atoms with van der Waals surface area (Å²) in [7, 11) is 0. The zero-order valence-corrected chi connectivity index (χ0v) is 12.5. The fourth-order valence-corrected chi connectivity index (χ4v) is 3.14. The largest absolute Gasteiger partial charge is 0.338 e. The molecule has 4 nitrogen and oxygen atoms in total. The van der Waals surface area contributed by atoms with Gasteiger partial charge in [0.05, 0.1) is 0 Å². The van der Waals surface area contributed by atoms with Crippen LogP contribution in [0.4, 0.5) is 10.5 Å². The predicted molar refractivity (Wildman–Crippen MR) is 85.6 cm³/mol. The molecule has 0 spiro atoms. The first kappa shape index (κ1) is 14.4. The Labute approximate surface area is 126 Å². The molecule has 1 aromatic carbocycles. The van der Waals surface area contributed by atoms with Crippen LogP contribution in [0.25, 0.3) is 0 Å². The van der Waals surface area contributed by atoms with E-state index in [2.05, 4.69) is 28.1 Å². The lowest BCUT2D eigenvalue weighted by atomic mass is 9.80. The van der Waals surface area contributed by atoms with Gasteiger partial charge in [0.2, 0.25) is 0 Å². The Morgan fingerprint density at radius 3 is 2.90 bits per heavy atom. The maximum Gasteiger partial charge on any atom is 0.319 e. The van der Waals surface area contributed by atoms with E-state index in [4.69, 9.17) is 0 Å². The molecular formula is C17H25N3O. The SMILES string of the molecule is O=C(NCCC1CCNC1)Nc1cccc(C2CCC2)c1. The van der Waals surface area contributed by atoms with E-state index in [9.17, 15) is 4.79 Å². The fraction of sp³-hybridized carbons (Fsp3) is 0.588. The van der Waals surface area contributed by atoms with Crippen molar-refractivity contribution in [2.24, 2.45) is 5.92 Å². The highest BCUT2D eigenvalue weighted by atomic mass is 16.2. The first-order valence-corrected chi connectivity index (χ1v) is 8.17. The molecule has 0 radical (unpaired) electrons. The molecule has 4 heteroatoms. The lowest BCUT2D eigenvalue weighted by Crippen LogP contribution is -2.30. The minimum atomic E-state index is -0.0910. The number of hydrogen-bond donors (Lipinski definition) is 3. The molecule has 21 heavy (non-hydrogen) atoms. The van der Waals surface area contributed by atoms with Crippen LogP contribution in [0.15, 0.2) is 24.3 Å². The van der Waals surface area contributed by atoms with Crippen molar-refractivity contribution in [3.8, 4) is 0 Å². The first-order valence-electron chi connectivity index (χ1n) is 8.17. The molecule has 2 amide bonds. The van der Waals surface area contributed by atoms with Crippen molar-refractivity contribution in [2.45, 2.75) is 38.0 Å². The van der Waals surface area contributed by atoms with Gasteiger partial charge in [0, 0.05) is 12.2 Å². The number of amides is 2. The summed E-state index contributed by atoms with van der Waals surface area (Å²) in [6.45, 7) is 2.96. The van der Waals surface area contributed by atoms with E-state index in [-0.39, 0.29) is 6.03 Å². The van der Waals surface area contributed by atoms with Gasteiger partial charge in [-0.15, -0.1) is 0 Å². The van der Waals surface area contributed by atoms with Crippen LogP contribution in [-0.4, -0.2) is 25.7 Å². The van der Waals surface area contributed by atoms with Crippen molar-refractivity contribution in [1.29, 1.82) is 0 Å². The Hall–Kier alpha value is -1.55. The topological polar surface area (TPSA) is 53.2 Å². The Bertz CT molecular complexity index is 479. The number of benzene rings is 1. The van der Waals surface area contributed by atoms with Crippen LogP contribution in [0.5, 0.6) is 0 Å². The molecule has 1 saturated heterocycles. The van der Waals surface area contributed by atoms with Gasteiger partial charge in [0.15, 0.2) is 0 Å². The molecule has 3 rings (SSSR count). The molecule has 1 saturated carbocycles. The second kappa shape index (κ2) is 6.94. The lowest BCUT2D eigenvalue weighted by molar-refractivity contribution is 0.251. The van der Waals surface area contributed by atoms with Gasteiger partial charge in [-0.25, -0.2) is 4.79 Å². The third-order valence-electron chi connectivity index (χ3n) is 4.72. The van der Waals surface area contributed by atoms with Gasteiger partial charge in [-0.3, -0.25) is 0 Å².